The van der Waals surface area contributed by atoms with Crippen LogP contribution >= 0.6 is 0 Å². The molecule has 0 radical (unpaired) electrons. The molecular formula is C12H20N2O. The van der Waals surface area contributed by atoms with Crippen molar-refractivity contribution < 1.29 is 5.11 Å². The number of likely N-dealkylation sites (tertiary alicyclic amines) is 1. The Morgan fingerprint density at radius 1 is 1.27 bits per heavy atom. The van der Waals surface area contributed by atoms with Crippen LogP contribution in [0.4, 0.5) is 0 Å². The van der Waals surface area contributed by atoms with Crippen LogP contribution in [0.5, 0.6) is 0 Å². The third-order valence-electron chi connectivity index (χ3n) is 4.44. The molecule has 0 bridgehead atoms. The van der Waals surface area contributed by atoms with E-state index in [-0.39, 0.29) is 0 Å². The number of nitrogens with zero attached hydrogens (tertiary/aromatic N) is 2. The lowest BCUT2D eigenvalue weighted by atomic mass is 9.57. The van der Waals surface area contributed by atoms with Crippen molar-refractivity contribution in [3.63, 3.8) is 0 Å². The summed E-state index contributed by atoms with van der Waals surface area (Å²) in [4.78, 5) is 2.35. The molecule has 2 aliphatic rings. The third kappa shape index (κ3) is 1.56. The summed E-state index contributed by atoms with van der Waals surface area (Å²) in [6, 6.07) is 2.39. The van der Waals surface area contributed by atoms with Crippen molar-refractivity contribution in [2.24, 2.45) is 5.41 Å². The largest absolute Gasteiger partial charge is 0.388 e. The molecule has 0 aromatic carbocycles. The number of rotatable bonds is 2. The Labute approximate surface area is 91.7 Å². The van der Waals surface area contributed by atoms with Gasteiger partial charge in [0, 0.05) is 13.1 Å². The van der Waals surface area contributed by atoms with Gasteiger partial charge in [-0.05, 0) is 32.2 Å². The quantitative estimate of drug-likeness (QED) is 0.748. The molecule has 0 unspecified atom stereocenters. The summed E-state index contributed by atoms with van der Waals surface area (Å²) in [7, 11) is 0. The Bertz CT molecular complexity index is 270. The van der Waals surface area contributed by atoms with Gasteiger partial charge in [0.2, 0.25) is 0 Å². The molecule has 3 heteroatoms. The lowest BCUT2D eigenvalue weighted by Crippen LogP contribution is -2.57. The minimum atomic E-state index is -0.703. The van der Waals surface area contributed by atoms with Gasteiger partial charge < -0.3 is 10.0 Å². The van der Waals surface area contributed by atoms with E-state index in [4.69, 9.17) is 0 Å². The second kappa shape index (κ2) is 3.77. The molecule has 0 aromatic rings. The van der Waals surface area contributed by atoms with Crippen molar-refractivity contribution in [1.29, 1.82) is 5.26 Å². The summed E-state index contributed by atoms with van der Waals surface area (Å²) in [6.45, 7) is 5.08. The second-order valence-corrected chi connectivity index (χ2v) is 5.01. The molecule has 0 spiro atoms. The van der Waals surface area contributed by atoms with Gasteiger partial charge in [-0.25, -0.2) is 0 Å². The first-order valence-electron chi connectivity index (χ1n) is 6.02. The SMILES string of the molecule is CCN1CCC(O)(C2(C#N)CCC2)CC1. The molecule has 2 rings (SSSR count). The molecule has 1 saturated heterocycles. The lowest BCUT2D eigenvalue weighted by Gasteiger charge is -2.51. The van der Waals surface area contributed by atoms with Crippen LogP contribution in [0.25, 0.3) is 0 Å². The molecule has 0 amide bonds. The van der Waals surface area contributed by atoms with Crippen molar-refractivity contribution in [1.82, 2.24) is 4.90 Å². The van der Waals surface area contributed by atoms with Gasteiger partial charge in [-0.3, -0.25) is 0 Å². The van der Waals surface area contributed by atoms with E-state index in [1.807, 2.05) is 0 Å². The first kappa shape index (κ1) is 10.9. The maximum absolute atomic E-state index is 10.6. The zero-order valence-corrected chi connectivity index (χ0v) is 9.50. The summed E-state index contributed by atoms with van der Waals surface area (Å²) >= 11 is 0. The fourth-order valence-corrected chi connectivity index (χ4v) is 2.93. The minimum absolute atomic E-state index is 0.410. The van der Waals surface area contributed by atoms with Gasteiger partial charge in [0.05, 0.1) is 17.1 Å². The van der Waals surface area contributed by atoms with Gasteiger partial charge in [-0.2, -0.15) is 5.26 Å². The average molecular weight is 208 g/mol. The molecule has 15 heavy (non-hydrogen) atoms. The van der Waals surface area contributed by atoms with Gasteiger partial charge in [-0.1, -0.05) is 13.3 Å². The highest BCUT2D eigenvalue weighted by atomic mass is 16.3. The smallest absolute Gasteiger partial charge is 0.0861 e. The van der Waals surface area contributed by atoms with Gasteiger partial charge in [0.1, 0.15) is 0 Å². The predicted octanol–water partition coefficient (Wildman–Crippen LogP) is 1.53. The fourth-order valence-electron chi connectivity index (χ4n) is 2.93. The summed E-state index contributed by atoms with van der Waals surface area (Å²) in [5.74, 6) is 0. The molecule has 0 aromatic heterocycles. The number of aliphatic hydroxyl groups is 1. The van der Waals surface area contributed by atoms with E-state index in [1.165, 1.54) is 0 Å². The Morgan fingerprint density at radius 2 is 1.87 bits per heavy atom. The van der Waals surface area contributed by atoms with Crippen LogP contribution in [0.3, 0.4) is 0 Å². The predicted molar refractivity (Wildman–Crippen MR) is 58.2 cm³/mol. The van der Waals surface area contributed by atoms with E-state index in [0.717, 1.165) is 51.7 Å². The highest BCUT2D eigenvalue weighted by Crippen LogP contribution is 2.52. The van der Waals surface area contributed by atoms with E-state index < -0.39 is 11.0 Å². The molecule has 84 valence electrons. The Balaban J connectivity index is 2.06. The average Bonchev–Trinajstić information content (AvgIpc) is 2.18. The van der Waals surface area contributed by atoms with Crippen molar-refractivity contribution in [3.8, 4) is 6.07 Å². The van der Waals surface area contributed by atoms with Gasteiger partial charge >= 0.3 is 0 Å². The molecule has 1 aliphatic heterocycles. The molecule has 1 aliphatic carbocycles. The zero-order chi connectivity index (χ0) is 10.9. The summed E-state index contributed by atoms with van der Waals surface area (Å²) < 4.78 is 0. The highest BCUT2D eigenvalue weighted by Gasteiger charge is 2.55. The molecule has 1 N–H and O–H groups in total. The van der Waals surface area contributed by atoms with Crippen LogP contribution < -0.4 is 0 Å². The number of piperidine rings is 1. The minimum Gasteiger partial charge on any atom is -0.388 e. The van der Waals surface area contributed by atoms with E-state index in [0.29, 0.717) is 0 Å². The van der Waals surface area contributed by atoms with Crippen LogP contribution in [0.2, 0.25) is 0 Å². The van der Waals surface area contributed by atoms with E-state index in [2.05, 4.69) is 17.9 Å². The lowest BCUT2D eigenvalue weighted by molar-refractivity contribution is -0.127. The van der Waals surface area contributed by atoms with E-state index >= 15 is 0 Å². The first-order chi connectivity index (χ1) is 7.16. The summed E-state index contributed by atoms with van der Waals surface area (Å²) in [6.07, 6.45) is 4.44. The van der Waals surface area contributed by atoms with Crippen molar-refractivity contribution in [3.05, 3.63) is 0 Å². The fraction of sp³-hybridized carbons (Fsp3) is 0.917. The first-order valence-corrected chi connectivity index (χ1v) is 6.02. The van der Waals surface area contributed by atoms with Gasteiger partial charge in [0.15, 0.2) is 0 Å². The molecule has 1 saturated carbocycles. The maximum atomic E-state index is 10.6. The number of hydrogen-bond acceptors (Lipinski definition) is 3. The monoisotopic (exact) mass is 208 g/mol. The molecular weight excluding hydrogens is 188 g/mol. The molecule has 1 heterocycles. The van der Waals surface area contributed by atoms with Gasteiger partial charge in [-0.15, -0.1) is 0 Å². The van der Waals surface area contributed by atoms with Crippen molar-refractivity contribution in [2.45, 2.75) is 44.6 Å². The molecule has 3 nitrogen and oxygen atoms in total. The van der Waals surface area contributed by atoms with Gasteiger partial charge in [0.25, 0.3) is 0 Å². The Kier molecular flexibility index (Phi) is 2.74. The normalized spacial score (nSPS) is 29.1. The molecule has 0 atom stereocenters. The summed E-state index contributed by atoms with van der Waals surface area (Å²) in [5.41, 5.74) is -1.11. The van der Waals surface area contributed by atoms with Crippen molar-refractivity contribution in [2.75, 3.05) is 19.6 Å². The molecule has 2 fully saturated rings. The standard InChI is InChI=1S/C12H20N2O/c1-2-14-8-6-12(15,7-9-14)11(10-13)4-3-5-11/h15H,2-9H2,1H3. The Hall–Kier alpha value is -0.590. The van der Waals surface area contributed by atoms with Crippen LogP contribution in [-0.2, 0) is 0 Å². The second-order valence-electron chi connectivity index (χ2n) is 5.01. The van der Waals surface area contributed by atoms with Crippen LogP contribution in [0, 0.1) is 16.7 Å². The third-order valence-corrected chi connectivity index (χ3v) is 4.44. The maximum Gasteiger partial charge on any atom is 0.0861 e. The van der Waals surface area contributed by atoms with Crippen LogP contribution in [0.15, 0.2) is 0 Å². The van der Waals surface area contributed by atoms with E-state index in [1.54, 1.807) is 0 Å². The van der Waals surface area contributed by atoms with Crippen molar-refractivity contribution >= 4 is 0 Å². The Morgan fingerprint density at radius 3 is 2.20 bits per heavy atom. The summed E-state index contributed by atoms with van der Waals surface area (Å²) in [5, 5.41) is 19.9. The topological polar surface area (TPSA) is 47.3 Å². The van der Waals surface area contributed by atoms with Crippen LogP contribution in [0.1, 0.15) is 39.0 Å². The highest BCUT2D eigenvalue weighted by molar-refractivity contribution is 5.16. The van der Waals surface area contributed by atoms with E-state index in [9.17, 15) is 10.4 Å². The zero-order valence-electron chi connectivity index (χ0n) is 9.50. The number of nitriles is 1. The van der Waals surface area contributed by atoms with Crippen LogP contribution in [-0.4, -0.2) is 35.2 Å². The number of hydrogen-bond donors (Lipinski definition) is 1.